The Hall–Kier alpha value is -6.90. The van der Waals surface area contributed by atoms with Crippen LogP contribution in [0.4, 0.5) is 17.1 Å². The van der Waals surface area contributed by atoms with E-state index >= 15 is 0 Å². The number of aromatic nitrogens is 1. The lowest BCUT2D eigenvalue weighted by atomic mass is 9.94. The highest BCUT2D eigenvalue weighted by Crippen LogP contribution is 2.45. The fraction of sp³-hybridized carbons (Fsp3) is 0. The average Bonchev–Trinajstić information content (AvgIpc) is 3.56. The summed E-state index contributed by atoms with van der Waals surface area (Å²) in [5.74, 6) is 0. The van der Waals surface area contributed by atoms with Gasteiger partial charge < -0.3 is 9.47 Å². The summed E-state index contributed by atoms with van der Waals surface area (Å²) >= 11 is 0. The first kappa shape index (κ1) is 30.0. The van der Waals surface area contributed by atoms with Crippen molar-refractivity contribution >= 4 is 60.4 Å². The predicted molar refractivity (Wildman–Crippen MR) is 221 cm³/mol. The van der Waals surface area contributed by atoms with Crippen LogP contribution in [-0.2, 0) is 0 Å². The second-order valence-corrected chi connectivity index (χ2v) is 13.3. The molecule has 0 aliphatic heterocycles. The van der Waals surface area contributed by atoms with Gasteiger partial charge in [-0.2, -0.15) is 0 Å². The zero-order valence-corrected chi connectivity index (χ0v) is 28.5. The number of benzene rings is 9. The van der Waals surface area contributed by atoms with Crippen molar-refractivity contribution in [3.05, 3.63) is 206 Å². The van der Waals surface area contributed by atoms with Crippen LogP contribution in [0.1, 0.15) is 0 Å². The molecule has 0 N–H and O–H groups in total. The zero-order valence-electron chi connectivity index (χ0n) is 28.5. The van der Waals surface area contributed by atoms with Crippen molar-refractivity contribution in [2.75, 3.05) is 4.90 Å². The van der Waals surface area contributed by atoms with E-state index in [1.807, 2.05) is 0 Å². The molecule has 2 heteroatoms. The molecule has 52 heavy (non-hydrogen) atoms. The summed E-state index contributed by atoms with van der Waals surface area (Å²) in [5, 5.41) is 7.42. The minimum Gasteiger partial charge on any atom is -0.310 e. The lowest BCUT2D eigenvalue weighted by Crippen LogP contribution is -2.10. The van der Waals surface area contributed by atoms with E-state index in [0.717, 1.165) is 28.3 Å². The second-order valence-electron chi connectivity index (χ2n) is 13.3. The van der Waals surface area contributed by atoms with Gasteiger partial charge >= 0.3 is 0 Å². The maximum absolute atomic E-state index is 2.43. The van der Waals surface area contributed by atoms with E-state index < -0.39 is 0 Å². The molecule has 244 valence electrons. The Kier molecular flexibility index (Phi) is 7.18. The van der Waals surface area contributed by atoms with E-state index in [9.17, 15) is 0 Å². The summed E-state index contributed by atoms with van der Waals surface area (Å²) in [5.41, 5.74) is 11.8. The van der Waals surface area contributed by atoms with Crippen molar-refractivity contribution in [2.24, 2.45) is 0 Å². The fourth-order valence-corrected chi connectivity index (χ4v) is 8.09. The smallest absolute Gasteiger partial charge is 0.0562 e. The van der Waals surface area contributed by atoms with E-state index in [1.165, 1.54) is 60.1 Å². The summed E-state index contributed by atoms with van der Waals surface area (Å²) in [7, 11) is 0. The standard InChI is InChI=1S/C50H34N2/c1-4-16-35(17-5-1)41-32-33-47(44-26-13-12-25-42(41)44)51(37-20-6-2-7-21-37)39-30-31-46-49(34-39)52(38-22-8-3-9-23-38)48-29-15-28-45(50(46)48)43-27-14-19-36-18-10-11-24-40(36)43/h1-34H. The minimum atomic E-state index is 1.10. The second kappa shape index (κ2) is 12.5. The Balaban J connectivity index is 1.26. The van der Waals surface area contributed by atoms with Crippen LogP contribution < -0.4 is 4.90 Å². The molecule has 2 nitrogen and oxygen atoms in total. The Morgan fingerprint density at radius 1 is 0.346 bits per heavy atom. The molecule has 0 spiro atoms. The maximum atomic E-state index is 2.43. The van der Waals surface area contributed by atoms with E-state index in [1.54, 1.807) is 0 Å². The van der Waals surface area contributed by atoms with Gasteiger partial charge in [-0.3, -0.25) is 0 Å². The molecule has 0 bridgehead atoms. The molecule has 10 aromatic rings. The fourth-order valence-electron chi connectivity index (χ4n) is 8.09. The molecule has 1 aromatic heterocycles. The molecule has 0 saturated carbocycles. The minimum absolute atomic E-state index is 1.10. The Morgan fingerprint density at radius 2 is 0.981 bits per heavy atom. The third-order valence-corrected chi connectivity index (χ3v) is 10.4. The van der Waals surface area contributed by atoms with E-state index in [0.29, 0.717) is 0 Å². The number of hydrogen-bond acceptors (Lipinski definition) is 1. The predicted octanol–water partition coefficient (Wildman–Crippen LogP) is 13.9. The average molecular weight is 663 g/mol. The van der Waals surface area contributed by atoms with Gasteiger partial charge in [0.25, 0.3) is 0 Å². The lowest BCUT2D eigenvalue weighted by molar-refractivity contribution is 1.18. The topological polar surface area (TPSA) is 8.17 Å². The normalized spacial score (nSPS) is 11.5. The highest BCUT2D eigenvalue weighted by molar-refractivity contribution is 6.19. The SMILES string of the molecule is c1ccc(-c2ccc(N(c3ccccc3)c3ccc4c5c(-c6cccc7ccccc67)cccc5n(-c5ccccc5)c4c3)c3ccccc23)cc1. The Bertz CT molecular complexity index is 2880. The highest BCUT2D eigenvalue weighted by atomic mass is 15.1. The van der Waals surface area contributed by atoms with Gasteiger partial charge in [0.15, 0.2) is 0 Å². The van der Waals surface area contributed by atoms with E-state index in [-0.39, 0.29) is 0 Å². The summed E-state index contributed by atoms with van der Waals surface area (Å²) in [6, 6.07) is 74.6. The van der Waals surface area contributed by atoms with Crippen molar-refractivity contribution in [1.82, 2.24) is 4.57 Å². The Labute approximate surface area is 303 Å². The van der Waals surface area contributed by atoms with Gasteiger partial charge in [-0.05, 0) is 86.9 Å². The third kappa shape index (κ3) is 4.88. The van der Waals surface area contributed by atoms with E-state index in [4.69, 9.17) is 0 Å². The van der Waals surface area contributed by atoms with Crippen molar-refractivity contribution in [3.63, 3.8) is 0 Å². The number of hydrogen-bond donors (Lipinski definition) is 0. The van der Waals surface area contributed by atoms with Crippen LogP contribution in [0.5, 0.6) is 0 Å². The molecule has 0 fully saturated rings. The van der Waals surface area contributed by atoms with Crippen molar-refractivity contribution in [3.8, 4) is 27.9 Å². The van der Waals surface area contributed by atoms with Gasteiger partial charge in [0, 0.05) is 33.2 Å². The molecular formula is C50H34N2. The van der Waals surface area contributed by atoms with Crippen LogP contribution >= 0.6 is 0 Å². The third-order valence-electron chi connectivity index (χ3n) is 10.4. The van der Waals surface area contributed by atoms with Crippen LogP contribution in [0, 0.1) is 0 Å². The van der Waals surface area contributed by atoms with Gasteiger partial charge in [0.05, 0.1) is 16.7 Å². The summed E-state index contributed by atoms with van der Waals surface area (Å²) in [6.07, 6.45) is 0. The summed E-state index contributed by atoms with van der Waals surface area (Å²) in [4.78, 5) is 2.41. The first-order valence-electron chi connectivity index (χ1n) is 17.9. The highest BCUT2D eigenvalue weighted by Gasteiger charge is 2.21. The van der Waals surface area contributed by atoms with Crippen molar-refractivity contribution < 1.29 is 0 Å². The molecule has 0 amide bonds. The number of anilines is 3. The Morgan fingerprint density at radius 3 is 1.79 bits per heavy atom. The van der Waals surface area contributed by atoms with Crippen LogP contribution in [0.2, 0.25) is 0 Å². The number of nitrogens with zero attached hydrogens (tertiary/aromatic N) is 2. The van der Waals surface area contributed by atoms with Gasteiger partial charge in [-0.15, -0.1) is 0 Å². The van der Waals surface area contributed by atoms with Gasteiger partial charge in [0.1, 0.15) is 0 Å². The molecule has 9 aromatic carbocycles. The van der Waals surface area contributed by atoms with Gasteiger partial charge in [-0.25, -0.2) is 0 Å². The van der Waals surface area contributed by atoms with Gasteiger partial charge in [0.2, 0.25) is 0 Å². The summed E-state index contributed by atoms with van der Waals surface area (Å²) < 4.78 is 2.43. The zero-order chi connectivity index (χ0) is 34.4. The van der Waals surface area contributed by atoms with Crippen molar-refractivity contribution in [1.29, 1.82) is 0 Å². The molecular weight excluding hydrogens is 629 g/mol. The van der Waals surface area contributed by atoms with Crippen LogP contribution in [0.25, 0.3) is 71.3 Å². The van der Waals surface area contributed by atoms with E-state index in [2.05, 4.69) is 216 Å². The van der Waals surface area contributed by atoms with Gasteiger partial charge in [-0.1, -0.05) is 158 Å². The largest absolute Gasteiger partial charge is 0.310 e. The first-order valence-corrected chi connectivity index (χ1v) is 17.9. The molecule has 0 aliphatic rings. The molecule has 0 atom stereocenters. The molecule has 0 saturated heterocycles. The van der Waals surface area contributed by atoms with Crippen LogP contribution in [0.3, 0.4) is 0 Å². The number of para-hydroxylation sites is 2. The summed E-state index contributed by atoms with van der Waals surface area (Å²) in [6.45, 7) is 0. The first-order chi connectivity index (χ1) is 25.8. The van der Waals surface area contributed by atoms with Crippen molar-refractivity contribution in [2.45, 2.75) is 0 Å². The number of rotatable bonds is 6. The molecule has 0 radical (unpaired) electrons. The monoisotopic (exact) mass is 662 g/mol. The molecule has 1 heterocycles. The molecule has 0 unspecified atom stereocenters. The van der Waals surface area contributed by atoms with Crippen LogP contribution in [-0.4, -0.2) is 4.57 Å². The lowest BCUT2D eigenvalue weighted by Gasteiger charge is -2.27. The quantitative estimate of drug-likeness (QED) is 0.172. The van der Waals surface area contributed by atoms with Crippen LogP contribution in [0.15, 0.2) is 206 Å². The maximum Gasteiger partial charge on any atom is 0.0562 e. The molecule has 10 rings (SSSR count). The number of fused-ring (bicyclic) bond motifs is 5. The molecule has 0 aliphatic carbocycles.